The third kappa shape index (κ3) is 5.34. The first-order valence-electron chi connectivity index (χ1n) is 7.15. The van der Waals surface area contributed by atoms with Gasteiger partial charge in [0.15, 0.2) is 0 Å². The van der Waals surface area contributed by atoms with Crippen LogP contribution in [0.2, 0.25) is 10.0 Å². The molecule has 0 aliphatic rings. The number of amides is 2. The normalized spacial score (nSPS) is 10.3. The monoisotopic (exact) mass is 352 g/mol. The number of halogens is 2. The molecule has 0 aliphatic carbocycles. The Morgan fingerprint density at radius 1 is 1.09 bits per heavy atom. The number of nitrogens with one attached hydrogen (secondary N) is 2. The maximum absolute atomic E-state index is 11.8. The van der Waals surface area contributed by atoms with E-state index in [0.717, 1.165) is 5.75 Å². The van der Waals surface area contributed by atoms with Gasteiger partial charge < -0.3 is 15.4 Å². The Kier molecular flexibility index (Phi) is 6.13. The maximum atomic E-state index is 11.8. The Balaban J connectivity index is 1.75. The molecule has 0 radical (unpaired) electrons. The predicted octanol–water partition coefficient (Wildman–Crippen LogP) is 4.81. The largest absolute Gasteiger partial charge is 0.492 e. The molecule has 122 valence electrons. The highest BCUT2D eigenvalue weighted by atomic mass is 35.5. The van der Waals surface area contributed by atoms with Crippen LogP contribution in [0.4, 0.5) is 10.5 Å². The van der Waals surface area contributed by atoms with E-state index in [-0.39, 0.29) is 6.03 Å². The first kappa shape index (κ1) is 17.4. The van der Waals surface area contributed by atoms with Gasteiger partial charge in [0.1, 0.15) is 12.4 Å². The highest BCUT2D eigenvalue weighted by Crippen LogP contribution is 2.25. The summed E-state index contributed by atoms with van der Waals surface area (Å²) in [7, 11) is 0. The lowest BCUT2D eigenvalue weighted by Gasteiger charge is -2.11. The van der Waals surface area contributed by atoms with E-state index in [2.05, 4.69) is 10.6 Å². The zero-order chi connectivity index (χ0) is 16.8. The molecular weight excluding hydrogens is 335 g/mol. The second-order valence-electron chi connectivity index (χ2n) is 5.10. The second-order valence-corrected chi connectivity index (χ2v) is 5.94. The van der Waals surface area contributed by atoms with Gasteiger partial charge in [-0.2, -0.15) is 0 Å². The minimum absolute atomic E-state index is 0.349. The summed E-state index contributed by atoms with van der Waals surface area (Å²) < 4.78 is 5.60. The van der Waals surface area contributed by atoms with Crippen molar-refractivity contribution in [1.29, 1.82) is 0 Å². The van der Waals surface area contributed by atoms with E-state index in [1.54, 1.807) is 18.2 Å². The predicted molar refractivity (Wildman–Crippen MR) is 94.9 cm³/mol. The van der Waals surface area contributed by atoms with Gasteiger partial charge in [-0.1, -0.05) is 29.3 Å². The zero-order valence-corrected chi connectivity index (χ0v) is 14.5. The first-order valence-corrected chi connectivity index (χ1v) is 7.91. The van der Waals surface area contributed by atoms with Crippen LogP contribution in [0.25, 0.3) is 0 Å². The summed E-state index contributed by atoms with van der Waals surface area (Å²) in [5.41, 5.74) is 2.89. The van der Waals surface area contributed by atoms with Crippen LogP contribution in [0.5, 0.6) is 5.75 Å². The van der Waals surface area contributed by atoms with E-state index in [0.29, 0.717) is 28.9 Å². The standard InChI is InChI=1S/C17H18Cl2N2O2/c1-11-3-5-14(9-12(11)2)23-8-7-20-17(22)21-16-6-4-13(18)10-15(16)19/h3-6,9-10H,7-8H2,1-2H3,(H2,20,21,22). The molecule has 6 heteroatoms. The number of hydrogen-bond acceptors (Lipinski definition) is 2. The Morgan fingerprint density at radius 2 is 1.87 bits per heavy atom. The average molecular weight is 353 g/mol. The van der Waals surface area contributed by atoms with Crippen molar-refractivity contribution in [2.45, 2.75) is 13.8 Å². The third-order valence-corrected chi connectivity index (χ3v) is 3.86. The van der Waals surface area contributed by atoms with Gasteiger partial charge in [0.25, 0.3) is 0 Å². The van der Waals surface area contributed by atoms with Gasteiger partial charge in [-0.25, -0.2) is 4.79 Å². The summed E-state index contributed by atoms with van der Waals surface area (Å²) in [4.78, 5) is 11.8. The van der Waals surface area contributed by atoms with Gasteiger partial charge in [-0.15, -0.1) is 0 Å². The summed E-state index contributed by atoms with van der Waals surface area (Å²) in [5.74, 6) is 0.788. The fraction of sp³-hybridized carbons (Fsp3) is 0.235. The smallest absolute Gasteiger partial charge is 0.319 e. The molecule has 0 heterocycles. The third-order valence-electron chi connectivity index (χ3n) is 3.31. The lowest BCUT2D eigenvalue weighted by atomic mass is 10.1. The number of hydrogen-bond donors (Lipinski definition) is 2. The van der Waals surface area contributed by atoms with Gasteiger partial charge in [0, 0.05) is 5.02 Å². The molecule has 0 fully saturated rings. The Morgan fingerprint density at radius 3 is 2.57 bits per heavy atom. The molecule has 0 bridgehead atoms. The summed E-state index contributed by atoms with van der Waals surface area (Å²) in [6.45, 7) is 4.84. The molecular formula is C17H18Cl2N2O2. The summed E-state index contributed by atoms with van der Waals surface area (Å²) in [6, 6.07) is 10.4. The molecule has 0 spiro atoms. The van der Waals surface area contributed by atoms with Gasteiger partial charge >= 0.3 is 6.03 Å². The van der Waals surface area contributed by atoms with Crippen LogP contribution in [0.1, 0.15) is 11.1 Å². The number of carbonyl (C=O) groups is 1. The molecule has 2 rings (SSSR count). The molecule has 2 amide bonds. The van der Waals surface area contributed by atoms with Crippen molar-refractivity contribution in [2.24, 2.45) is 0 Å². The first-order chi connectivity index (χ1) is 11.0. The molecule has 0 saturated carbocycles. The highest BCUT2D eigenvalue weighted by molar-refractivity contribution is 6.36. The Hall–Kier alpha value is -1.91. The number of aryl methyl sites for hydroxylation is 2. The maximum Gasteiger partial charge on any atom is 0.319 e. The summed E-state index contributed by atoms with van der Waals surface area (Å²) in [5, 5.41) is 6.26. The van der Waals surface area contributed by atoms with E-state index in [4.69, 9.17) is 27.9 Å². The SMILES string of the molecule is Cc1ccc(OCCNC(=O)Nc2ccc(Cl)cc2Cl)cc1C. The number of urea groups is 1. The average Bonchev–Trinajstić information content (AvgIpc) is 2.50. The fourth-order valence-electron chi connectivity index (χ4n) is 1.89. The number of rotatable bonds is 5. The van der Waals surface area contributed by atoms with Crippen molar-refractivity contribution in [3.8, 4) is 5.75 Å². The van der Waals surface area contributed by atoms with Gasteiger partial charge in [0.05, 0.1) is 17.3 Å². The van der Waals surface area contributed by atoms with Crippen LogP contribution >= 0.6 is 23.2 Å². The minimum atomic E-state index is -0.349. The summed E-state index contributed by atoms with van der Waals surface area (Å²) >= 11 is 11.8. The van der Waals surface area contributed by atoms with Crippen molar-refractivity contribution in [1.82, 2.24) is 5.32 Å². The number of carbonyl (C=O) groups excluding carboxylic acids is 1. The molecule has 2 aromatic rings. The van der Waals surface area contributed by atoms with Crippen molar-refractivity contribution < 1.29 is 9.53 Å². The van der Waals surface area contributed by atoms with Crippen LogP contribution in [0.3, 0.4) is 0 Å². The molecule has 2 N–H and O–H groups in total. The lowest BCUT2D eigenvalue weighted by molar-refractivity contribution is 0.247. The Labute approximate surface area is 145 Å². The van der Waals surface area contributed by atoms with Crippen molar-refractivity contribution in [3.63, 3.8) is 0 Å². The highest BCUT2D eigenvalue weighted by Gasteiger charge is 2.05. The molecule has 0 atom stereocenters. The van der Waals surface area contributed by atoms with Gasteiger partial charge in [0.2, 0.25) is 0 Å². The van der Waals surface area contributed by atoms with E-state index < -0.39 is 0 Å². The fourth-order valence-corrected chi connectivity index (χ4v) is 2.35. The van der Waals surface area contributed by atoms with Crippen molar-refractivity contribution in [2.75, 3.05) is 18.5 Å². The topological polar surface area (TPSA) is 50.4 Å². The number of benzene rings is 2. The number of anilines is 1. The Bertz CT molecular complexity index is 705. The van der Waals surface area contributed by atoms with E-state index in [9.17, 15) is 4.79 Å². The lowest BCUT2D eigenvalue weighted by Crippen LogP contribution is -2.32. The van der Waals surface area contributed by atoms with Crippen LogP contribution in [0, 0.1) is 13.8 Å². The quantitative estimate of drug-likeness (QED) is 0.758. The van der Waals surface area contributed by atoms with Crippen LogP contribution in [-0.2, 0) is 0 Å². The molecule has 0 saturated heterocycles. The second kappa shape index (κ2) is 8.09. The molecule has 0 aliphatic heterocycles. The minimum Gasteiger partial charge on any atom is -0.492 e. The van der Waals surface area contributed by atoms with Crippen molar-refractivity contribution >= 4 is 34.9 Å². The number of ether oxygens (including phenoxy) is 1. The molecule has 4 nitrogen and oxygen atoms in total. The van der Waals surface area contributed by atoms with E-state index in [1.807, 2.05) is 32.0 Å². The van der Waals surface area contributed by atoms with Crippen molar-refractivity contribution in [3.05, 3.63) is 57.6 Å². The van der Waals surface area contributed by atoms with Crippen LogP contribution in [0.15, 0.2) is 36.4 Å². The molecule has 2 aromatic carbocycles. The summed E-state index contributed by atoms with van der Waals surface area (Å²) in [6.07, 6.45) is 0. The molecule has 0 aromatic heterocycles. The van der Waals surface area contributed by atoms with Crippen LogP contribution in [-0.4, -0.2) is 19.2 Å². The molecule has 0 unspecified atom stereocenters. The molecule has 23 heavy (non-hydrogen) atoms. The van der Waals surface area contributed by atoms with Crippen LogP contribution < -0.4 is 15.4 Å². The zero-order valence-electron chi connectivity index (χ0n) is 13.0. The van der Waals surface area contributed by atoms with E-state index in [1.165, 1.54) is 11.1 Å². The van der Waals surface area contributed by atoms with E-state index >= 15 is 0 Å². The van der Waals surface area contributed by atoms with Gasteiger partial charge in [-0.3, -0.25) is 0 Å². The van der Waals surface area contributed by atoms with Gasteiger partial charge in [-0.05, 0) is 55.3 Å².